The molecule has 0 aliphatic carbocycles. The van der Waals surface area contributed by atoms with Gasteiger partial charge in [-0.1, -0.05) is 12.1 Å². The molecule has 0 radical (unpaired) electrons. The molecular weight excluding hydrogens is 324 g/mol. The van der Waals surface area contributed by atoms with Gasteiger partial charge in [0.05, 0.1) is 21.6 Å². The molecule has 0 saturated heterocycles. The van der Waals surface area contributed by atoms with Crippen LogP contribution >= 0.6 is 11.3 Å². The molecule has 0 fully saturated rings. The van der Waals surface area contributed by atoms with E-state index in [2.05, 4.69) is 49.6 Å². The van der Waals surface area contributed by atoms with Gasteiger partial charge in [-0.2, -0.15) is 10.2 Å². The molecule has 0 amide bonds. The maximum Gasteiger partial charge on any atom is 0.151 e. The second kappa shape index (κ2) is 6.00. The zero-order valence-corrected chi connectivity index (χ0v) is 14.1. The van der Waals surface area contributed by atoms with Crippen molar-refractivity contribution >= 4 is 11.3 Å². The van der Waals surface area contributed by atoms with Gasteiger partial charge in [-0.3, -0.25) is 9.78 Å². The summed E-state index contributed by atoms with van der Waals surface area (Å²) in [4.78, 5) is 6.53. The maximum atomic E-state index is 4.34. The third kappa shape index (κ3) is 2.52. The molecule has 4 aromatic heterocycles. The molecule has 0 aromatic carbocycles. The van der Waals surface area contributed by atoms with E-state index in [-0.39, 0.29) is 6.04 Å². The lowest BCUT2D eigenvalue weighted by Gasteiger charge is -2.13. The number of hydrogen-bond acceptors (Lipinski definition) is 6. The van der Waals surface area contributed by atoms with Gasteiger partial charge in [0.2, 0.25) is 0 Å². The maximum absolute atomic E-state index is 4.34. The monoisotopic (exact) mass is 340 g/mol. The van der Waals surface area contributed by atoms with E-state index < -0.39 is 0 Å². The SMILES string of the molecule is CC[C@H](c1ncnn1C)n1cc(-c2ccc(-c3ccn[nH]3)s2)nn1. The summed E-state index contributed by atoms with van der Waals surface area (Å²) in [5.41, 5.74) is 1.86. The number of aromatic nitrogens is 8. The van der Waals surface area contributed by atoms with E-state index in [9.17, 15) is 0 Å². The molecule has 0 aliphatic heterocycles. The summed E-state index contributed by atoms with van der Waals surface area (Å²) in [6.07, 6.45) is 6.13. The first-order valence-corrected chi connectivity index (χ1v) is 8.43. The van der Waals surface area contributed by atoms with Crippen LogP contribution in [0.2, 0.25) is 0 Å². The van der Waals surface area contributed by atoms with Crippen LogP contribution in [0.25, 0.3) is 21.1 Å². The van der Waals surface area contributed by atoms with E-state index in [1.54, 1.807) is 28.5 Å². The molecule has 0 saturated carbocycles. The highest BCUT2D eigenvalue weighted by Crippen LogP contribution is 2.32. The van der Waals surface area contributed by atoms with Crippen molar-refractivity contribution in [2.75, 3.05) is 0 Å². The molecule has 24 heavy (non-hydrogen) atoms. The Kier molecular flexibility index (Phi) is 3.69. The number of nitrogens with one attached hydrogen (secondary N) is 1. The van der Waals surface area contributed by atoms with Gasteiger partial charge in [0, 0.05) is 13.2 Å². The fraction of sp³-hybridized carbons (Fsp3) is 0.267. The summed E-state index contributed by atoms with van der Waals surface area (Å²) in [6.45, 7) is 2.10. The fourth-order valence-corrected chi connectivity index (χ4v) is 3.58. The Bertz CT molecular complexity index is 932. The summed E-state index contributed by atoms with van der Waals surface area (Å²) in [6, 6.07) is 6.09. The number of H-pyrrole nitrogens is 1. The van der Waals surface area contributed by atoms with Crippen LogP contribution in [0.4, 0.5) is 0 Å². The highest BCUT2D eigenvalue weighted by Gasteiger charge is 2.19. The number of nitrogens with zero attached hydrogens (tertiary/aromatic N) is 7. The van der Waals surface area contributed by atoms with Crippen LogP contribution in [0.1, 0.15) is 25.2 Å². The standard InChI is InChI=1S/C15H16N8S/c1-3-12(15-16-9-18-22(15)2)23-8-11(20-21-23)14-5-4-13(24-14)10-6-7-17-19-10/h4-9,12H,3H2,1-2H3,(H,17,19)/t12-/m1/s1. The zero-order chi connectivity index (χ0) is 16.5. The molecule has 9 heteroatoms. The normalized spacial score (nSPS) is 12.6. The first kappa shape index (κ1) is 14.8. The average molecular weight is 340 g/mol. The summed E-state index contributed by atoms with van der Waals surface area (Å²) in [5, 5.41) is 19.7. The van der Waals surface area contributed by atoms with Gasteiger partial charge < -0.3 is 0 Å². The Morgan fingerprint density at radius 1 is 1.25 bits per heavy atom. The lowest BCUT2D eigenvalue weighted by atomic mass is 10.2. The number of rotatable bonds is 5. The van der Waals surface area contributed by atoms with E-state index in [1.807, 2.05) is 24.0 Å². The van der Waals surface area contributed by atoms with Gasteiger partial charge >= 0.3 is 0 Å². The van der Waals surface area contributed by atoms with Crippen molar-refractivity contribution in [3.05, 3.63) is 42.7 Å². The molecule has 0 bridgehead atoms. The first-order chi connectivity index (χ1) is 11.8. The molecule has 4 heterocycles. The quantitative estimate of drug-likeness (QED) is 0.603. The van der Waals surface area contributed by atoms with Gasteiger partial charge in [0.1, 0.15) is 18.1 Å². The zero-order valence-electron chi connectivity index (χ0n) is 13.3. The Morgan fingerprint density at radius 3 is 2.83 bits per heavy atom. The minimum Gasteiger partial charge on any atom is -0.277 e. The molecule has 0 spiro atoms. The summed E-state index contributed by atoms with van der Waals surface area (Å²) < 4.78 is 3.63. The summed E-state index contributed by atoms with van der Waals surface area (Å²) in [7, 11) is 1.89. The van der Waals surface area contributed by atoms with E-state index in [4.69, 9.17) is 0 Å². The molecule has 0 unspecified atom stereocenters. The smallest absolute Gasteiger partial charge is 0.151 e. The second-order valence-electron chi connectivity index (χ2n) is 5.38. The van der Waals surface area contributed by atoms with Crippen LogP contribution in [0.3, 0.4) is 0 Å². The fourth-order valence-electron chi connectivity index (χ4n) is 2.65. The van der Waals surface area contributed by atoms with Crippen molar-refractivity contribution in [1.82, 2.24) is 40.0 Å². The summed E-state index contributed by atoms with van der Waals surface area (Å²) >= 11 is 1.66. The first-order valence-electron chi connectivity index (χ1n) is 7.62. The van der Waals surface area contributed by atoms with E-state index in [0.717, 1.165) is 33.4 Å². The Balaban J connectivity index is 1.64. The Hall–Kier alpha value is -2.81. The predicted octanol–water partition coefficient (Wildman–Crippen LogP) is 2.52. The van der Waals surface area contributed by atoms with Gasteiger partial charge in [-0.15, -0.1) is 16.4 Å². The topological polar surface area (TPSA) is 90.1 Å². The van der Waals surface area contributed by atoms with Crippen LogP contribution in [0.5, 0.6) is 0 Å². The number of thiophene rings is 1. The largest absolute Gasteiger partial charge is 0.277 e. The molecule has 122 valence electrons. The van der Waals surface area contributed by atoms with Crippen molar-refractivity contribution in [3.8, 4) is 21.1 Å². The third-order valence-corrected chi connectivity index (χ3v) is 5.03. The molecule has 0 aliphatic rings. The van der Waals surface area contributed by atoms with Crippen molar-refractivity contribution in [3.63, 3.8) is 0 Å². The average Bonchev–Trinajstić information content (AvgIpc) is 3.36. The predicted molar refractivity (Wildman–Crippen MR) is 90.3 cm³/mol. The van der Waals surface area contributed by atoms with E-state index in [0.29, 0.717) is 0 Å². The van der Waals surface area contributed by atoms with Crippen molar-refractivity contribution < 1.29 is 0 Å². The molecule has 4 rings (SSSR count). The van der Waals surface area contributed by atoms with Crippen LogP contribution in [-0.4, -0.2) is 40.0 Å². The molecule has 1 atom stereocenters. The van der Waals surface area contributed by atoms with E-state index in [1.165, 1.54) is 0 Å². The lowest BCUT2D eigenvalue weighted by molar-refractivity contribution is 0.452. The molecule has 4 aromatic rings. The van der Waals surface area contributed by atoms with Crippen molar-refractivity contribution in [1.29, 1.82) is 0 Å². The van der Waals surface area contributed by atoms with Gasteiger partial charge in [-0.25, -0.2) is 9.67 Å². The molecular formula is C15H16N8S. The van der Waals surface area contributed by atoms with Crippen LogP contribution in [0.15, 0.2) is 36.9 Å². The highest BCUT2D eigenvalue weighted by molar-refractivity contribution is 7.18. The van der Waals surface area contributed by atoms with Crippen molar-refractivity contribution in [2.45, 2.75) is 19.4 Å². The third-order valence-electron chi connectivity index (χ3n) is 3.89. The molecule has 8 nitrogen and oxygen atoms in total. The highest BCUT2D eigenvalue weighted by atomic mass is 32.1. The summed E-state index contributed by atoms with van der Waals surface area (Å²) in [5.74, 6) is 0.873. The van der Waals surface area contributed by atoms with E-state index >= 15 is 0 Å². The minimum absolute atomic E-state index is 0.0192. The number of aromatic amines is 1. The van der Waals surface area contributed by atoms with Crippen LogP contribution < -0.4 is 0 Å². The number of aryl methyl sites for hydroxylation is 1. The Labute approximate surface area is 142 Å². The van der Waals surface area contributed by atoms with Gasteiger partial charge in [0.15, 0.2) is 5.82 Å². The van der Waals surface area contributed by atoms with Gasteiger partial charge in [-0.05, 0) is 24.6 Å². The lowest BCUT2D eigenvalue weighted by Crippen LogP contribution is -2.15. The number of hydrogen-bond donors (Lipinski definition) is 1. The van der Waals surface area contributed by atoms with Crippen molar-refractivity contribution in [2.24, 2.45) is 7.05 Å². The second-order valence-corrected chi connectivity index (χ2v) is 6.47. The van der Waals surface area contributed by atoms with Gasteiger partial charge in [0.25, 0.3) is 0 Å². The van der Waals surface area contributed by atoms with Crippen LogP contribution in [0, 0.1) is 0 Å². The Morgan fingerprint density at radius 2 is 2.12 bits per heavy atom. The minimum atomic E-state index is 0.0192. The van der Waals surface area contributed by atoms with Crippen LogP contribution in [-0.2, 0) is 7.05 Å². The molecule has 1 N–H and O–H groups in total.